The average molecular weight is 412 g/mol. The summed E-state index contributed by atoms with van der Waals surface area (Å²) in [6, 6.07) is 13.4. The van der Waals surface area contributed by atoms with Gasteiger partial charge in [0.15, 0.2) is 6.61 Å². The Kier molecular flexibility index (Phi) is 7.60. The molecule has 6 nitrogen and oxygen atoms in total. The Labute approximate surface area is 178 Å². The molecule has 1 aliphatic rings. The molecule has 1 heterocycles. The Morgan fingerprint density at radius 1 is 1.07 bits per heavy atom. The highest BCUT2D eigenvalue weighted by Gasteiger charge is 2.16. The molecule has 2 aromatic rings. The molecule has 0 saturated carbocycles. The van der Waals surface area contributed by atoms with E-state index in [1.54, 1.807) is 12.1 Å². The van der Waals surface area contributed by atoms with Crippen LogP contribution < -0.4 is 10.2 Å². The molecule has 160 valence electrons. The zero-order valence-corrected chi connectivity index (χ0v) is 18.0. The summed E-state index contributed by atoms with van der Waals surface area (Å²) in [6.45, 7) is 10.2. The van der Waals surface area contributed by atoms with E-state index in [1.165, 1.54) is 21.6 Å². The van der Waals surface area contributed by atoms with Crippen LogP contribution in [-0.2, 0) is 20.8 Å². The first-order chi connectivity index (χ1) is 14.4. The van der Waals surface area contributed by atoms with Gasteiger partial charge in [0.25, 0.3) is 5.91 Å². The van der Waals surface area contributed by atoms with Crippen molar-refractivity contribution in [1.29, 1.82) is 0 Å². The van der Waals surface area contributed by atoms with Crippen LogP contribution in [0.15, 0.2) is 42.5 Å². The van der Waals surface area contributed by atoms with Gasteiger partial charge in [-0.25, -0.2) is 4.79 Å². The maximum absolute atomic E-state index is 12.3. The number of carbonyl (C=O) groups is 2. The molecule has 0 unspecified atom stereocenters. The number of aryl methyl sites for hydroxylation is 2. The lowest BCUT2D eigenvalue weighted by Gasteiger charge is -2.23. The predicted octanol–water partition coefficient (Wildman–Crippen LogP) is 1.75. The summed E-state index contributed by atoms with van der Waals surface area (Å²) in [5.74, 6) is -0.809. The molecule has 3 rings (SSSR count). The maximum atomic E-state index is 12.3. The van der Waals surface area contributed by atoms with E-state index >= 15 is 0 Å². The van der Waals surface area contributed by atoms with Crippen LogP contribution >= 0.6 is 0 Å². The van der Waals surface area contributed by atoms with Gasteiger partial charge in [-0.1, -0.05) is 30.3 Å². The fourth-order valence-electron chi connectivity index (χ4n) is 3.50. The van der Waals surface area contributed by atoms with E-state index in [4.69, 9.17) is 9.47 Å². The molecule has 1 amide bonds. The lowest BCUT2D eigenvalue weighted by molar-refractivity contribution is -0.921. The van der Waals surface area contributed by atoms with E-state index in [-0.39, 0.29) is 18.6 Å². The Bertz CT molecular complexity index is 873. The highest BCUT2D eigenvalue weighted by Crippen LogP contribution is 2.16. The van der Waals surface area contributed by atoms with Gasteiger partial charge < -0.3 is 19.7 Å². The van der Waals surface area contributed by atoms with Crippen molar-refractivity contribution in [3.63, 3.8) is 0 Å². The number of nitrogens with one attached hydrogen (secondary N) is 2. The monoisotopic (exact) mass is 411 g/mol. The lowest BCUT2D eigenvalue weighted by Crippen LogP contribution is -3.12. The molecule has 0 bridgehead atoms. The number of hydrogen-bond donors (Lipinski definition) is 2. The quantitative estimate of drug-likeness (QED) is 0.682. The second-order valence-corrected chi connectivity index (χ2v) is 7.95. The van der Waals surface area contributed by atoms with Crippen molar-refractivity contribution in [2.45, 2.75) is 33.4 Å². The largest absolute Gasteiger partial charge is 0.452 e. The summed E-state index contributed by atoms with van der Waals surface area (Å²) >= 11 is 0. The fraction of sp³-hybridized carbons (Fsp3) is 0.417. The van der Waals surface area contributed by atoms with E-state index in [0.29, 0.717) is 5.56 Å². The zero-order valence-electron chi connectivity index (χ0n) is 18.0. The summed E-state index contributed by atoms with van der Waals surface area (Å²) < 4.78 is 10.6. The molecule has 1 fully saturated rings. The van der Waals surface area contributed by atoms with Crippen LogP contribution in [0.3, 0.4) is 0 Å². The van der Waals surface area contributed by atoms with Gasteiger partial charge in [-0.15, -0.1) is 0 Å². The second-order valence-electron chi connectivity index (χ2n) is 7.95. The van der Waals surface area contributed by atoms with Crippen molar-refractivity contribution >= 4 is 11.9 Å². The predicted molar refractivity (Wildman–Crippen MR) is 114 cm³/mol. The highest BCUT2D eigenvalue weighted by molar-refractivity contribution is 5.91. The Morgan fingerprint density at radius 2 is 1.77 bits per heavy atom. The number of rotatable bonds is 7. The molecule has 0 radical (unpaired) electrons. The molecular weight excluding hydrogens is 380 g/mol. The number of benzene rings is 2. The van der Waals surface area contributed by atoms with Crippen molar-refractivity contribution in [2.75, 3.05) is 32.9 Å². The zero-order chi connectivity index (χ0) is 21.5. The molecule has 0 spiro atoms. The van der Waals surface area contributed by atoms with Gasteiger partial charge in [0.05, 0.1) is 24.8 Å². The van der Waals surface area contributed by atoms with Crippen molar-refractivity contribution < 1.29 is 24.0 Å². The highest BCUT2D eigenvalue weighted by atomic mass is 16.5. The molecule has 2 aromatic carbocycles. The molecule has 1 saturated heterocycles. The smallest absolute Gasteiger partial charge is 0.338 e. The molecule has 0 aliphatic carbocycles. The molecule has 2 N–H and O–H groups in total. The Morgan fingerprint density at radius 3 is 2.43 bits per heavy atom. The van der Waals surface area contributed by atoms with E-state index in [9.17, 15) is 9.59 Å². The summed E-state index contributed by atoms with van der Waals surface area (Å²) in [7, 11) is 0. The minimum Gasteiger partial charge on any atom is -0.452 e. The van der Waals surface area contributed by atoms with Crippen molar-refractivity contribution in [3.8, 4) is 0 Å². The molecule has 1 atom stereocenters. The van der Waals surface area contributed by atoms with Gasteiger partial charge in [0.1, 0.15) is 19.6 Å². The normalized spacial score (nSPS) is 15.4. The van der Waals surface area contributed by atoms with Crippen LogP contribution in [0.25, 0.3) is 0 Å². The van der Waals surface area contributed by atoms with E-state index in [0.717, 1.165) is 38.4 Å². The summed E-state index contributed by atoms with van der Waals surface area (Å²) in [5, 5.41) is 2.88. The molecular formula is C24H31N2O4+. The molecule has 1 aliphatic heterocycles. The van der Waals surface area contributed by atoms with Gasteiger partial charge in [-0.3, -0.25) is 4.79 Å². The summed E-state index contributed by atoms with van der Waals surface area (Å²) in [4.78, 5) is 25.9. The van der Waals surface area contributed by atoms with Crippen molar-refractivity contribution in [1.82, 2.24) is 5.32 Å². The van der Waals surface area contributed by atoms with Gasteiger partial charge in [-0.05, 0) is 49.6 Å². The van der Waals surface area contributed by atoms with E-state index in [1.807, 2.05) is 38.1 Å². The van der Waals surface area contributed by atoms with Gasteiger partial charge >= 0.3 is 5.97 Å². The topological polar surface area (TPSA) is 69.1 Å². The SMILES string of the molecule is Cc1ccc([C@H](C)NC(=O)COC(=O)c2ccc(C[NH+]3CCOCC3)cc2)cc1C. The number of quaternary nitrogens is 1. The number of ether oxygens (including phenoxy) is 2. The van der Waals surface area contributed by atoms with Crippen LogP contribution in [0, 0.1) is 13.8 Å². The molecule has 0 aromatic heterocycles. The van der Waals surface area contributed by atoms with Gasteiger partial charge in [0, 0.05) is 5.56 Å². The number of esters is 1. The number of hydrogen-bond acceptors (Lipinski definition) is 4. The minimum atomic E-state index is -0.491. The first-order valence-electron chi connectivity index (χ1n) is 10.5. The number of carbonyl (C=O) groups excluding carboxylic acids is 2. The van der Waals surface area contributed by atoms with Gasteiger partial charge in [0.2, 0.25) is 0 Å². The standard InChI is InChI=1S/C24H30N2O4/c1-17-4-7-22(14-18(17)2)19(3)25-23(27)16-30-24(28)21-8-5-20(6-9-21)15-26-10-12-29-13-11-26/h4-9,14,19H,10-13,15-16H2,1-3H3,(H,25,27)/p+1/t19-/m0/s1. The first-order valence-corrected chi connectivity index (χ1v) is 10.5. The van der Waals surface area contributed by atoms with Crippen LogP contribution in [0.2, 0.25) is 0 Å². The number of amides is 1. The Balaban J connectivity index is 1.46. The van der Waals surface area contributed by atoms with Crippen LogP contribution in [0.4, 0.5) is 0 Å². The molecule has 30 heavy (non-hydrogen) atoms. The third kappa shape index (κ3) is 6.15. The van der Waals surface area contributed by atoms with E-state index in [2.05, 4.69) is 18.3 Å². The lowest BCUT2D eigenvalue weighted by atomic mass is 10.0. The fourth-order valence-corrected chi connectivity index (χ4v) is 3.50. The third-order valence-electron chi connectivity index (χ3n) is 5.59. The number of morpholine rings is 1. The minimum absolute atomic E-state index is 0.155. The summed E-state index contributed by atoms with van der Waals surface area (Å²) in [6.07, 6.45) is 0. The van der Waals surface area contributed by atoms with Crippen molar-refractivity contribution in [2.24, 2.45) is 0 Å². The summed E-state index contributed by atoms with van der Waals surface area (Å²) in [5.41, 5.74) is 5.03. The van der Waals surface area contributed by atoms with Crippen LogP contribution in [0.5, 0.6) is 0 Å². The first kappa shape index (κ1) is 22.0. The van der Waals surface area contributed by atoms with Gasteiger partial charge in [-0.2, -0.15) is 0 Å². The Hall–Kier alpha value is -2.70. The molecule has 6 heteroatoms. The average Bonchev–Trinajstić information content (AvgIpc) is 2.75. The van der Waals surface area contributed by atoms with E-state index < -0.39 is 5.97 Å². The third-order valence-corrected chi connectivity index (χ3v) is 5.59. The van der Waals surface area contributed by atoms with Crippen LogP contribution in [0.1, 0.15) is 45.6 Å². The van der Waals surface area contributed by atoms with Crippen LogP contribution in [-0.4, -0.2) is 44.8 Å². The maximum Gasteiger partial charge on any atom is 0.338 e. The van der Waals surface area contributed by atoms with Crippen molar-refractivity contribution in [3.05, 3.63) is 70.3 Å². The second kappa shape index (κ2) is 10.4.